The van der Waals surface area contributed by atoms with Gasteiger partial charge in [0.2, 0.25) is 0 Å². The van der Waals surface area contributed by atoms with E-state index in [1.807, 2.05) is 0 Å². The number of hydrogen-bond donors (Lipinski definition) is 0. The van der Waals surface area contributed by atoms with E-state index in [0.717, 1.165) is 9.54 Å². The van der Waals surface area contributed by atoms with Crippen LogP contribution >= 0.6 is 49.9 Å². The van der Waals surface area contributed by atoms with Crippen molar-refractivity contribution in [2.75, 3.05) is 7.11 Å². The topological polar surface area (TPSA) is 9.23 Å². The molecule has 0 spiro atoms. The van der Waals surface area contributed by atoms with Gasteiger partial charge in [-0.25, -0.2) is 0 Å². The Morgan fingerprint density at radius 2 is 2.23 bits per heavy atom. The maximum Gasteiger partial charge on any atom is 0.174 e. The molecule has 0 aliphatic heterocycles. The maximum atomic E-state index is 5.19. The van der Waals surface area contributed by atoms with Crippen LogP contribution in [0.1, 0.15) is 0 Å². The van der Waals surface area contributed by atoms with Gasteiger partial charge < -0.3 is 4.74 Å². The van der Waals surface area contributed by atoms with Crippen LogP contribution in [0.2, 0.25) is 0 Å². The van der Waals surface area contributed by atoms with E-state index >= 15 is 0 Å². The molecule has 0 N–H and O–H groups in total. The molecule has 2 aromatic rings. The highest BCUT2D eigenvalue weighted by molar-refractivity contribution is 14.1. The third kappa shape index (κ3) is 1.71. The second-order valence-electron chi connectivity index (χ2n) is 2.54. The molecule has 1 heterocycles. The van der Waals surface area contributed by atoms with Crippen LogP contribution in [-0.2, 0) is 0 Å². The molecule has 0 saturated carbocycles. The van der Waals surface area contributed by atoms with Crippen molar-refractivity contribution in [1.82, 2.24) is 0 Å². The molecule has 0 unspecified atom stereocenters. The van der Waals surface area contributed by atoms with Crippen LogP contribution in [0, 0.1) is 3.57 Å². The predicted octanol–water partition coefficient (Wildman–Crippen LogP) is 4.28. The van der Waals surface area contributed by atoms with Gasteiger partial charge in [0, 0.05) is 24.2 Å². The van der Waals surface area contributed by atoms with Crippen molar-refractivity contribution in [1.29, 1.82) is 0 Å². The third-order valence-electron chi connectivity index (χ3n) is 1.77. The summed E-state index contributed by atoms with van der Waals surface area (Å²) in [5.41, 5.74) is 0. The number of benzene rings is 1. The molecule has 1 aromatic heterocycles. The standard InChI is InChI=1S/C9H6BrIOS/c1-12-8-4-5-7(13-8)3-2-6(10)9(5)11/h2-4H,1H3. The number of thiophene rings is 1. The van der Waals surface area contributed by atoms with Crippen LogP contribution in [0.25, 0.3) is 10.1 Å². The molecule has 68 valence electrons. The van der Waals surface area contributed by atoms with E-state index in [1.165, 1.54) is 13.7 Å². The van der Waals surface area contributed by atoms with Crippen LogP contribution in [0.5, 0.6) is 5.06 Å². The van der Waals surface area contributed by atoms with Crippen molar-refractivity contribution in [2.24, 2.45) is 0 Å². The molecule has 13 heavy (non-hydrogen) atoms. The first kappa shape index (κ1) is 9.73. The van der Waals surface area contributed by atoms with Crippen LogP contribution in [0.3, 0.4) is 0 Å². The number of methoxy groups -OCH3 is 1. The fourth-order valence-corrected chi connectivity index (χ4v) is 3.17. The maximum absolute atomic E-state index is 5.19. The summed E-state index contributed by atoms with van der Waals surface area (Å²) < 4.78 is 8.85. The fraction of sp³-hybridized carbons (Fsp3) is 0.111. The predicted molar refractivity (Wildman–Crippen MR) is 68.8 cm³/mol. The summed E-state index contributed by atoms with van der Waals surface area (Å²) in [6, 6.07) is 6.25. The summed E-state index contributed by atoms with van der Waals surface area (Å²) in [5, 5.41) is 2.22. The second kappa shape index (κ2) is 3.74. The lowest BCUT2D eigenvalue weighted by Crippen LogP contribution is -1.75. The monoisotopic (exact) mass is 368 g/mol. The number of rotatable bonds is 1. The first-order valence-electron chi connectivity index (χ1n) is 3.64. The zero-order chi connectivity index (χ0) is 9.42. The zero-order valence-corrected chi connectivity index (χ0v) is 11.4. The Balaban J connectivity index is 2.76. The Kier molecular flexibility index (Phi) is 2.80. The summed E-state index contributed by atoms with van der Waals surface area (Å²) >= 11 is 7.51. The van der Waals surface area contributed by atoms with Gasteiger partial charge in [0.25, 0.3) is 0 Å². The largest absolute Gasteiger partial charge is 0.487 e. The molecule has 0 aliphatic rings. The van der Waals surface area contributed by atoms with Crippen molar-refractivity contribution in [2.45, 2.75) is 0 Å². The minimum absolute atomic E-state index is 0.964. The smallest absolute Gasteiger partial charge is 0.174 e. The Hall–Kier alpha value is 0.190. The molecule has 1 nitrogen and oxygen atoms in total. The lowest BCUT2D eigenvalue weighted by atomic mass is 10.3. The van der Waals surface area contributed by atoms with E-state index in [-0.39, 0.29) is 0 Å². The minimum atomic E-state index is 0.964. The van der Waals surface area contributed by atoms with Gasteiger partial charge in [-0.2, -0.15) is 0 Å². The third-order valence-corrected chi connectivity index (χ3v) is 5.39. The van der Waals surface area contributed by atoms with Gasteiger partial charge in [0.15, 0.2) is 5.06 Å². The van der Waals surface area contributed by atoms with Gasteiger partial charge in [-0.3, -0.25) is 0 Å². The SMILES string of the molecule is COc1cc2c(I)c(Br)ccc2s1. The van der Waals surface area contributed by atoms with E-state index < -0.39 is 0 Å². The van der Waals surface area contributed by atoms with Crippen molar-refractivity contribution < 1.29 is 4.74 Å². The average Bonchev–Trinajstić information content (AvgIpc) is 2.55. The van der Waals surface area contributed by atoms with Crippen molar-refractivity contribution >= 4 is 59.9 Å². The number of halogens is 2. The van der Waals surface area contributed by atoms with Gasteiger partial charge in [-0.05, 0) is 50.7 Å². The second-order valence-corrected chi connectivity index (χ2v) is 5.52. The van der Waals surface area contributed by atoms with Gasteiger partial charge in [-0.1, -0.05) is 11.3 Å². The molecular formula is C9H6BrIOS. The van der Waals surface area contributed by atoms with Crippen molar-refractivity contribution in [3.05, 3.63) is 26.2 Å². The number of fused-ring (bicyclic) bond motifs is 1. The molecule has 4 heteroatoms. The van der Waals surface area contributed by atoms with Gasteiger partial charge in [0.05, 0.1) is 7.11 Å². The Labute approximate surface area is 102 Å². The quantitative estimate of drug-likeness (QED) is 0.683. The summed E-state index contributed by atoms with van der Waals surface area (Å²) in [6.07, 6.45) is 0. The van der Waals surface area contributed by atoms with Crippen LogP contribution in [-0.4, -0.2) is 7.11 Å². The first-order valence-corrected chi connectivity index (χ1v) is 6.32. The zero-order valence-electron chi connectivity index (χ0n) is 6.80. The average molecular weight is 369 g/mol. The first-order chi connectivity index (χ1) is 6.22. The molecule has 0 atom stereocenters. The molecule has 0 fully saturated rings. The fourth-order valence-electron chi connectivity index (χ4n) is 1.13. The van der Waals surface area contributed by atoms with Gasteiger partial charge in [-0.15, -0.1) is 0 Å². The van der Waals surface area contributed by atoms with Gasteiger partial charge in [0.1, 0.15) is 0 Å². The summed E-state index contributed by atoms with van der Waals surface area (Å²) in [7, 11) is 1.70. The normalized spacial score (nSPS) is 10.7. The molecule has 1 aromatic carbocycles. The molecule has 0 saturated heterocycles. The highest BCUT2D eigenvalue weighted by Gasteiger charge is 2.07. The molecule has 2 rings (SSSR count). The molecule has 0 bridgehead atoms. The van der Waals surface area contributed by atoms with E-state index in [1.54, 1.807) is 18.4 Å². The van der Waals surface area contributed by atoms with E-state index in [9.17, 15) is 0 Å². The van der Waals surface area contributed by atoms with Crippen LogP contribution in [0.4, 0.5) is 0 Å². The highest BCUT2D eigenvalue weighted by atomic mass is 127. The lowest BCUT2D eigenvalue weighted by Gasteiger charge is -1.95. The van der Waals surface area contributed by atoms with Gasteiger partial charge >= 0.3 is 0 Å². The number of hydrogen-bond acceptors (Lipinski definition) is 2. The van der Waals surface area contributed by atoms with E-state index in [4.69, 9.17) is 4.74 Å². The molecule has 0 radical (unpaired) electrons. The molecule has 0 aliphatic carbocycles. The van der Waals surface area contributed by atoms with Crippen molar-refractivity contribution in [3.8, 4) is 5.06 Å². The Bertz CT molecular complexity index is 452. The Morgan fingerprint density at radius 3 is 2.92 bits per heavy atom. The molecule has 0 amide bonds. The number of ether oxygens (including phenoxy) is 1. The summed E-state index contributed by atoms with van der Waals surface area (Å²) in [6.45, 7) is 0. The molecular weight excluding hydrogens is 363 g/mol. The van der Waals surface area contributed by atoms with Crippen molar-refractivity contribution in [3.63, 3.8) is 0 Å². The highest BCUT2D eigenvalue weighted by Crippen LogP contribution is 2.36. The lowest BCUT2D eigenvalue weighted by molar-refractivity contribution is 0.427. The summed E-state index contributed by atoms with van der Waals surface area (Å²) in [4.78, 5) is 0. The summed E-state index contributed by atoms with van der Waals surface area (Å²) in [5.74, 6) is 0. The van der Waals surface area contributed by atoms with Crippen LogP contribution in [0.15, 0.2) is 22.7 Å². The Morgan fingerprint density at radius 1 is 1.46 bits per heavy atom. The van der Waals surface area contributed by atoms with E-state index in [0.29, 0.717) is 0 Å². The minimum Gasteiger partial charge on any atom is -0.487 e. The van der Waals surface area contributed by atoms with Crippen LogP contribution < -0.4 is 4.74 Å². The van der Waals surface area contributed by atoms with E-state index in [2.05, 4.69) is 56.7 Å².